The highest BCUT2D eigenvalue weighted by atomic mass is 35.5. The fourth-order valence-corrected chi connectivity index (χ4v) is 3.88. The van der Waals surface area contributed by atoms with Gasteiger partial charge in [-0.05, 0) is 35.7 Å². The molecule has 5 N–H and O–H groups in total. The second-order valence-corrected chi connectivity index (χ2v) is 9.28. The third-order valence-corrected chi connectivity index (χ3v) is 6.04. The Morgan fingerprint density at radius 1 is 1.11 bits per heavy atom. The zero-order chi connectivity index (χ0) is 25.0. The first-order valence-electron chi connectivity index (χ1n) is 10.1. The topological polar surface area (TPSA) is 148 Å². The molecule has 2 aromatic rings. The Balaban J connectivity index is 0.00000432. The predicted octanol–water partition coefficient (Wildman–Crippen LogP) is 1.34. The second kappa shape index (κ2) is 11.6. The molecule has 0 fully saturated rings. The fraction of sp³-hybridized carbons (Fsp3) is 0.286. The van der Waals surface area contributed by atoms with Crippen molar-refractivity contribution in [3.8, 4) is 0 Å². The van der Waals surface area contributed by atoms with E-state index in [1.165, 1.54) is 30.5 Å². The molecule has 0 aliphatic carbocycles. The van der Waals surface area contributed by atoms with Crippen molar-refractivity contribution in [2.45, 2.75) is 42.8 Å². The molecule has 0 saturated carbocycles. The lowest BCUT2D eigenvalue weighted by molar-refractivity contribution is -0.139. The number of halogens is 4. The highest BCUT2D eigenvalue weighted by molar-refractivity contribution is 7.89. The zero-order valence-corrected chi connectivity index (χ0v) is 19.8. The largest absolute Gasteiger partial charge is 0.350 e. The number of hydrazone groups is 1. The van der Waals surface area contributed by atoms with E-state index < -0.39 is 51.4 Å². The van der Waals surface area contributed by atoms with Crippen molar-refractivity contribution in [3.63, 3.8) is 0 Å². The van der Waals surface area contributed by atoms with Crippen LogP contribution in [0.25, 0.3) is 0 Å². The lowest BCUT2D eigenvalue weighted by Crippen LogP contribution is -2.46. The van der Waals surface area contributed by atoms with E-state index in [0.29, 0.717) is 17.7 Å². The van der Waals surface area contributed by atoms with Crippen LogP contribution in [-0.4, -0.2) is 43.5 Å². The van der Waals surface area contributed by atoms with E-state index in [4.69, 9.17) is 10.9 Å². The molecule has 190 valence electrons. The number of nitrogens with two attached hydrogens (primary N) is 2. The van der Waals surface area contributed by atoms with Crippen LogP contribution >= 0.6 is 12.4 Å². The maximum Gasteiger partial charge on any atom is 0.245 e. The molecule has 14 heteroatoms. The number of amides is 2. The van der Waals surface area contributed by atoms with Gasteiger partial charge in [0, 0.05) is 37.7 Å². The van der Waals surface area contributed by atoms with Crippen molar-refractivity contribution in [1.82, 2.24) is 10.3 Å². The van der Waals surface area contributed by atoms with Gasteiger partial charge in [-0.1, -0.05) is 12.1 Å². The van der Waals surface area contributed by atoms with Gasteiger partial charge < -0.3 is 11.1 Å². The van der Waals surface area contributed by atoms with E-state index in [-0.39, 0.29) is 48.7 Å². The predicted molar refractivity (Wildman–Crippen MR) is 123 cm³/mol. The monoisotopic (exact) mass is 533 g/mol. The Morgan fingerprint density at radius 3 is 2.37 bits per heavy atom. The van der Waals surface area contributed by atoms with E-state index in [0.717, 1.165) is 5.01 Å². The van der Waals surface area contributed by atoms with E-state index in [1.807, 2.05) is 0 Å². The SMILES string of the molecule is Cl.N[C@@H](CC(=O)N1N=CCC1C(=O)NCc1ccc(S(N)(=O)=O)cc1)Cc1cc(F)c(F)cc1F. The van der Waals surface area contributed by atoms with E-state index in [1.54, 1.807) is 0 Å². The van der Waals surface area contributed by atoms with Gasteiger partial charge >= 0.3 is 0 Å². The quantitative estimate of drug-likeness (QED) is 0.438. The van der Waals surface area contributed by atoms with Crippen molar-refractivity contribution >= 4 is 40.5 Å². The number of carbonyl (C=O) groups is 2. The highest BCUT2D eigenvalue weighted by Gasteiger charge is 2.33. The summed E-state index contributed by atoms with van der Waals surface area (Å²) in [5.74, 6) is -4.62. The number of nitrogens with zero attached hydrogens (tertiary/aromatic N) is 2. The number of sulfonamides is 1. The molecule has 0 aromatic heterocycles. The minimum Gasteiger partial charge on any atom is -0.350 e. The van der Waals surface area contributed by atoms with Gasteiger partial charge in [-0.25, -0.2) is 31.7 Å². The van der Waals surface area contributed by atoms with Gasteiger partial charge in [0.05, 0.1) is 4.90 Å². The van der Waals surface area contributed by atoms with E-state index in [2.05, 4.69) is 10.4 Å². The molecular weight excluding hydrogens is 511 g/mol. The fourth-order valence-electron chi connectivity index (χ4n) is 3.37. The molecule has 0 bridgehead atoms. The number of benzene rings is 2. The molecule has 2 aromatic carbocycles. The summed E-state index contributed by atoms with van der Waals surface area (Å²) >= 11 is 0. The molecule has 35 heavy (non-hydrogen) atoms. The summed E-state index contributed by atoms with van der Waals surface area (Å²) in [4.78, 5) is 25.2. The highest BCUT2D eigenvalue weighted by Crippen LogP contribution is 2.18. The van der Waals surface area contributed by atoms with Crippen LogP contribution in [0.3, 0.4) is 0 Å². The van der Waals surface area contributed by atoms with Crippen LogP contribution in [0, 0.1) is 17.5 Å². The molecule has 1 heterocycles. The Kier molecular flexibility index (Phi) is 9.38. The molecule has 2 amide bonds. The van der Waals surface area contributed by atoms with E-state index >= 15 is 0 Å². The normalized spacial score (nSPS) is 16.0. The van der Waals surface area contributed by atoms with Crippen LogP contribution in [-0.2, 0) is 32.6 Å². The molecule has 1 aliphatic heterocycles. The summed E-state index contributed by atoms with van der Waals surface area (Å²) in [6.07, 6.45) is 1.02. The molecule has 2 atom stereocenters. The first-order chi connectivity index (χ1) is 16.0. The number of primary sulfonamides is 1. The number of nitrogens with one attached hydrogen (secondary N) is 1. The zero-order valence-electron chi connectivity index (χ0n) is 18.2. The van der Waals surface area contributed by atoms with Crippen molar-refractivity contribution in [2.75, 3.05) is 0 Å². The summed E-state index contributed by atoms with van der Waals surface area (Å²) in [7, 11) is -3.83. The summed E-state index contributed by atoms with van der Waals surface area (Å²) in [5.41, 5.74) is 6.33. The molecule has 0 radical (unpaired) electrons. The number of hydrogen-bond donors (Lipinski definition) is 3. The molecule has 3 rings (SSSR count). The minimum atomic E-state index is -3.83. The summed E-state index contributed by atoms with van der Waals surface area (Å²) in [6, 6.07) is 4.84. The summed E-state index contributed by atoms with van der Waals surface area (Å²) in [5, 5.41) is 12.6. The number of hydrogen-bond acceptors (Lipinski definition) is 6. The van der Waals surface area contributed by atoms with Gasteiger partial charge in [-0.15, -0.1) is 12.4 Å². The Labute approximate surface area is 205 Å². The smallest absolute Gasteiger partial charge is 0.245 e. The van der Waals surface area contributed by atoms with Gasteiger partial charge in [0.25, 0.3) is 0 Å². The van der Waals surface area contributed by atoms with Crippen molar-refractivity contribution in [1.29, 1.82) is 0 Å². The number of carbonyl (C=O) groups excluding carboxylic acids is 2. The second-order valence-electron chi connectivity index (χ2n) is 7.72. The molecule has 1 aliphatic rings. The molecule has 0 saturated heterocycles. The first kappa shape index (κ1) is 28.2. The van der Waals surface area contributed by atoms with Crippen LogP contribution in [0.2, 0.25) is 0 Å². The van der Waals surface area contributed by atoms with Gasteiger partial charge in [-0.2, -0.15) is 5.10 Å². The third-order valence-electron chi connectivity index (χ3n) is 5.11. The van der Waals surface area contributed by atoms with Gasteiger partial charge in [0.15, 0.2) is 11.6 Å². The maximum atomic E-state index is 13.8. The van der Waals surface area contributed by atoms with Crippen LogP contribution in [0.5, 0.6) is 0 Å². The van der Waals surface area contributed by atoms with Crippen LogP contribution in [0.15, 0.2) is 46.4 Å². The van der Waals surface area contributed by atoms with Crippen LogP contribution in [0.4, 0.5) is 13.2 Å². The molecule has 1 unspecified atom stereocenters. The van der Waals surface area contributed by atoms with Crippen molar-refractivity contribution < 1.29 is 31.2 Å². The van der Waals surface area contributed by atoms with Crippen molar-refractivity contribution in [3.05, 3.63) is 65.0 Å². The maximum absolute atomic E-state index is 13.8. The average molecular weight is 534 g/mol. The number of rotatable bonds is 8. The first-order valence-corrected chi connectivity index (χ1v) is 11.6. The van der Waals surface area contributed by atoms with Gasteiger partial charge in [0.1, 0.15) is 11.9 Å². The van der Waals surface area contributed by atoms with Gasteiger partial charge in [-0.3, -0.25) is 9.59 Å². The van der Waals surface area contributed by atoms with Crippen molar-refractivity contribution in [2.24, 2.45) is 16.0 Å². The van der Waals surface area contributed by atoms with E-state index in [9.17, 15) is 31.2 Å². The third kappa shape index (κ3) is 7.24. The van der Waals surface area contributed by atoms with Crippen LogP contribution < -0.4 is 16.2 Å². The molecular formula is C21H23ClF3N5O4S. The molecule has 9 nitrogen and oxygen atoms in total. The summed E-state index contributed by atoms with van der Waals surface area (Å²) in [6.45, 7) is 0.0667. The molecule has 0 spiro atoms. The standard InChI is InChI=1S/C21H22F3N5O4S.ClH/c22-16-10-18(24)17(23)8-13(16)7-14(25)9-20(30)29-19(5-6-28-29)21(31)27-11-12-1-3-15(4-2-12)34(26,32)33;/h1-4,6,8,10,14,19H,5,7,9,11,25H2,(H,27,31)(H2,26,32,33);1H/t14-,19?;/m1./s1. The lowest BCUT2D eigenvalue weighted by Gasteiger charge is -2.23. The van der Waals surface area contributed by atoms with Crippen LogP contribution in [0.1, 0.15) is 24.0 Å². The lowest BCUT2D eigenvalue weighted by atomic mass is 10.0. The minimum absolute atomic E-state index is 0. The van der Waals surface area contributed by atoms with Gasteiger partial charge in [0.2, 0.25) is 21.8 Å². The Hall–Kier alpha value is -3.00. The Morgan fingerprint density at radius 2 is 1.74 bits per heavy atom. The summed E-state index contributed by atoms with van der Waals surface area (Å²) < 4.78 is 62.9. The average Bonchev–Trinajstić information content (AvgIpc) is 3.26. The Bertz CT molecular complexity index is 1230.